The number of nitrogens with one attached hydrogen (secondary N) is 1. The maximum Gasteiger partial charge on any atom is 0.122 e. The van der Waals surface area contributed by atoms with Gasteiger partial charge in [0.15, 0.2) is 0 Å². The van der Waals surface area contributed by atoms with E-state index in [4.69, 9.17) is 4.74 Å². The standard InChI is InChI=1S/C18H22N2O/c1-13-7-9-20-17(11-13)16(19-2)12-14-8-10-21-18-6-4-3-5-15(14)18/h3-7,9,11,14,16,19H,8,10,12H2,1-2H3. The van der Waals surface area contributed by atoms with E-state index < -0.39 is 0 Å². The van der Waals surface area contributed by atoms with Gasteiger partial charge >= 0.3 is 0 Å². The smallest absolute Gasteiger partial charge is 0.122 e. The number of aromatic nitrogens is 1. The highest BCUT2D eigenvalue weighted by Gasteiger charge is 2.25. The van der Waals surface area contributed by atoms with Crippen molar-refractivity contribution in [2.45, 2.75) is 31.7 Å². The van der Waals surface area contributed by atoms with Crippen molar-refractivity contribution in [3.63, 3.8) is 0 Å². The van der Waals surface area contributed by atoms with E-state index in [2.05, 4.69) is 41.5 Å². The van der Waals surface area contributed by atoms with E-state index in [0.717, 1.165) is 30.9 Å². The van der Waals surface area contributed by atoms with E-state index in [1.54, 1.807) is 0 Å². The lowest BCUT2D eigenvalue weighted by Crippen LogP contribution is -2.23. The number of aryl methyl sites for hydroxylation is 1. The fourth-order valence-corrected chi connectivity index (χ4v) is 3.08. The molecular formula is C18H22N2O. The first-order valence-electron chi connectivity index (χ1n) is 7.59. The largest absolute Gasteiger partial charge is 0.493 e. The van der Waals surface area contributed by atoms with Crippen LogP contribution < -0.4 is 10.1 Å². The predicted octanol–water partition coefficient (Wildman–Crippen LogP) is 3.61. The molecule has 0 radical (unpaired) electrons. The predicted molar refractivity (Wildman–Crippen MR) is 84.7 cm³/mol. The monoisotopic (exact) mass is 282 g/mol. The van der Waals surface area contributed by atoms with Crippen LogP contribution in [0.5, 0.6) is 5.75 Å². The van der Waals surface area contributed by atoms with E-state index in [-0.39, 0.29) is 6.04 Å². The molecule has 0 spiro atoms. The molecule has 0 saturated heterocycles. The fraction of sp³-hybridized carbons (Fsp3) is 0.389. The summed E-state index contributed by atoms with van der Waals surface area (Å²) < 4.78 is 5.76. The lowest BCUT2D eigenvalue weighted by Gasteiger charge is -2.29. The number of hydrogen-bond acceptors (Lipinski definition) is 3. The third kappa shape index (κ3) is 3.08. The van der Waals surface area contributed by atoms with Gasteiger partial charge in [0, 0.05) is 12.2 Å². The number of ether oxygens (including phenoxy) is 1. The summed E-state index contributed by atoms with van der Waals surface area (Å²) in [6.07, 6.45) is 4.02. The van der Waals surface area contributed by atoms with Crippen LogP contribution >= 0.6 is 0 Å². The van der Waals surface area contributed by atoms with Gasteiger partial charge in [0.25, 0.3) is 0 Å². The van der Waals surface area contributed by atoms with Crippen molar-refractivity contribution in [2.24, 2.45) is 0 Å². The van der Waals surface area contributed by atoms with Gasteiger partial charge in [0.2, 0.25) is 0 Å². The zero-order valence-electron chi connectivity index (χ0n) is 12.7. The molecule has 1 N–H and O–H groups in total. The second-order valence-corrected chi connectivity index (χ2v) is 5.71. The summed E-state index contributed by atoms with van der Waals surface area (Å²) in [6.45, 7) is 2.92. The average Bonchev–Trinajstić information content (AvgIpc) is 2.52. The lowest BCUT2D eigenvalue weighted by molar-refractivity contribution is 0.256. The Morgan fingerprint density at radius 1 is 1.33 bits per heavy atom. The summed E-state index contributed by atoms with van der Waals surface area (Å²) in [5.74, 6) is 1.57. The SMILES string of the molecule is CNC(CC1CCOc2ccccc21)c1cc(C)ccn1. The van der Waals surface area contributed by atoms with Gasteiger partial charge in [-0.3, -0.25) is 4.98 Å². The molecule has 3 heteroatoms. The zero-order valence-corrected chi connectivity index (χ0v) is 12.7. The van der Waals surface area contributed by atoms with Crippen molar-refractivity contribution < 1.29 is 4.74 Å². The molecule has 3 nitrogen and oxygen atoms in total. The number of benzene rings is 1. The van der Waals surface area contributed by atoms with Crippen LogP contribution in [0.4, 0.5) is 0 Å². The third-order valence-electron chi connectivity index (χ3n) is 4.25. The van der Waals surface area contributed by atoms with E-state index in [1.165, 1.54) is 11.1 Å². The molecule has 3 rings (SSSR count). The summed E-state index contributed by atoms with van der Waals surface area (Å²) in [6, 6.07) is 12.9. The van der Waals surface area contributed by atoms with E-state index in [0.29, 0.717) is 5.92 Å². The molecule has 2 unspecified atom stereocenters. The molecule has 0 bridgehead atoms. The number of fused-ring (bicyclic) bond motifs is 1. The first-order chi connectivity index (χ1) is 10.3. The van der Waals surface area contributed by atoms with Crippen molar-refractivity contribution >= 4 is 0 Å². The van der Waals surface area contributed by atoms with Crippen LogP contribution in [0.25, 0.3) is 0 Å². The lowest BCUT2D eigenvalue weighted by atomic mass is 9.86. The van der Waals surface area contributed by atoms with Gasteiger partial charge in [-0.25, -0.2) is 0 Å². The highest BCUT2D eigenvalue weighted by molar-refractivity contribution is 5.38. The van der Waals surface area contributed by atoms with Crippen LogP contribution in [0, 0.1) is 6.92 Å². The zero-order chi connectivity index (χ0) is 14.7. The molecule has 0 saturated carbocycles. The van der Waals surface area contributed by atoms with Gasteiger partial charge in [-0.2, -0.15) is 0 Å². The minimum Gasteiger partial charge on any atom is -0.493 e. The van der Waals surface area contributed by atoms with Crippen LogP contribution in [0.1, 0.15) is 41.6 Å². The normalized spacial score (nSPS) is 18.7. The van der Waals surface area contributed by atoms with Crippen LogP contribution in [0.15, 0.2) is 42.6 Å². The Hall–Kier alpha value is -1.87. The first kappa shape index (κ1) is 14.1. The van der Waals surface area contributed by atoms with Crippen LogP contribution in [-0.2, 0) is 0 Å². The van der Waals surface area contributed by atoms with E-state index >= 15 is 0 Å². The van der Waals surface area contributed by atoms with Crippen LogP contribution in [-0.4, -0.2) is 18.6 Å². The third-order valence-corrected chi connectivity index (χ3v) is 4.25. The maximum absolute atomic E-state index is 5.76. The number of rotatable bonds is 4. The molecule has 21 heavy (non-hydrogen) atoms. The van der Waals surface area contributed by atoms with E-state index in [1.807, 2.05) is 25.4 Å². The summed E-state index contributed by atoms with van der Waals surface area (Å²) in [5, 5.41) is 3.42. The molecule has 2 atom stereocenters. The average molecular weight is 282 g/mol. The molecule has 0 amide bonds. The van der Waals surface area contributed by atoms with Gasteiger partial charge in [-0.15, -0.1) is 0 Å². The molecule has 1 aromatic carbocycles. The fourth-order valence-electron chi connectivity index (χ4n) is 3.08. The van der Waals surface area contributed by atoms with Crippen molar-refractivity contribution in [3.8, 4) is 5.75 Å². The topological polar surface area (TPSA) is 34.1 Å². The van der Waals surface area contributed by atoms with Crippen molar-refractivity contribution in [3.05, 3.63) is 59.4 Å². The number of hydrogen-bond donors (Lipinski definition) is 1. The minimum absolute atomic E-state index is 0.279. The Morgan fingerprint density at radius 2 is 2.19 bits per heavy atom. The number of para-hydroxylation sites is 1. The molecule has 1 aliphatic rings. The molecule has 0 aliphatic carbocycles. The van der Waals surface area contributed by atoms with Crippen molar-refractivity contribution in [1.29, 1.82) is 0 Å². The molecule has 110 valence electrons. The van der Waals surface area contributed by atoms with Crippen molar-refractivity contribution in [1.82, 2.24) is 10.3 Å². The molecular weight excluding hydrogens is 260 g/mol. The van der Waals surface area contributed by atoms with Gasteiger partial charge in [-0.1, -0.05) is 18.2 Å². The van der Waals surface area contributed by atoms with Crippen LogP contribution in [0.2, 0.25) is 0 Å². The summed E-state index contributed by atoms with van der Waals surface area (Å²) in [5.41, 5.74) is 3.71. The Bertz CT molecular complexity index is 612. The molecule has 1 aromatic heterocycles. The number of pyridine rings is 1. The van der Waals surface area contributed by atoms with Gasteiger partial charge in [-0.05, 0) is 62.1 Å². The van der Waals surface area contributed by atoms with Crippen molar-refractivity contribution in [2.75, 3.05) is 13.7 Å². The Morgan fingerprint density at radius 3 is 3.00 bits per heavy atom. The minimum atomic E-state index is 0.279. The molecule has 1 aliphatic heterocycles. The summed E-state index contributed by atoms with van der Waals surface area (Å²) in [7, 11) is 2.01. The second kappa shape index (κ2) is 6.27. The molecule has 2 aromatic rings. The van der Waals surface area contributed by atoms with Crippen LogP contribution in [0.3, 0.4) is 0 Å². The highest BCUT2D eigenvalue weighted by Crippen LogP contribution is 2.38. The van der Waals surface area contributed by atoms with E-state index in [9.17, 15) is 0 Å². The highest BCUT2D eigenvalue weighted by atomic mass is 16.5. The van der Waals surface area contributed by atoms with Gasteiger partial charge in [0.1, 0.15) is 5.75 Å². The van der Waals surface area contributed by atoms with Gasteiger partial charge in [0.05, 0.1) is 12.3 Å². The Kier molecular flexibility index (Phi) is 4.20. The Labute approximate surface area is 126 Å². The molecule has 2 heterocycles. The maximum atomic E-state index is 5.76. The second-order valence-electron chi connectivity index (χ2n) is 5.71. The summed E-state index contributed by atoms with van der Waals surface area (Å²) >= 11 is 0. The quantitative estimate of drug-likeness (QED) is 0.930. The number of nitrogens with zero attached hydrogens (tertiary/aromatic N) is 1. The Balaban J connectivity index is 1.82. The first-order valence-corrected chi connectivity index (χ1v) is 7.59. The van der Waals surface area contributed by atoms with Gasteiger partial charge < -0.3 is 10.1 Å². The molecule has 0 fully saturated rings. The summed E-state index contributed by atoms with van der Waals surface area (Å²) in [4.78, 5) is 4.54.